The summed E-state index contributed by atoms with van der Waals surface area (Å²) < 4.78 is 2.22. The van der Waals surface area contributed by atoms with Crippen molar-refractivity contribution >= 4 is 56.5 Å². The maximum Gasteiger partial charge on any atom is 0.266 e. The Hall–Kier alpha value is -0.980. The summed E-state index contributed by atoms with van der Waals surface area (Å²) in [5.74, 6) is 0.000387. The Morgan fingerprint density at radius 3 is 2.55 bits per heavy atom. The fourth-order valence-electron chi connectivity index (χ4n) is 1.40. The molecule has 2 aromatic heterocycles. The molecule has 0 atom stereocenters. The van der Waals surface area contributed by atoms with Gasteiger partial charge >= 0.3 is 0 Å². The number of Topliss-reactive ketones (excluding diaryl/α,β-unsaturated/α-hetero) is 1. The molecular weight excluding hydrogens is 358 g/mol. The van der Waals surface area contributed by atoms with Gasteiger partial charge in [-0.25, -0.2) is 0 Å². The highest BCUT2D eigenvalue weighted by molar-refractivity contribution is 9.11. The molecule has 2 aromatic rings. The third kappa shape index (κ3) is 3.77. The van der Waals surface area contributed by atoms with Gasteiger partial charge in [-0.15, -0.1) is 22.7 Å². The molecule has 0 saturated heterocycles. The van der Waals surface area contributed by atoms with E-state index in [0.717, 1.165) is 8.66 Å². The van der Waals surface area contributed by atoms with Gasteiger partial charge in [-0.1, -0.05) is 20.8 Å². The van der Waals surface area contributed by atoms with E-state index in [4.69, 9.17) is 0 Å². The topological polar surface area (TPSA) is 49.9 Å². The summed E-state index contributed by atoms with van der Waals surface area (Å²) in [6, 6.07) is 3.88. The van der Waals surface area contributed by atoms with Crippen molar-refractivity contribution < 1.29 is 4.79 Å². The first-order valence-corrected chi connectivity index (χ1v) is 8.41. The van der Waals surface area contributed by atoms with Gasteiger partial charge < -0.3 is 4.98 Å². The zero-order valence-corrected chi connectivity index (χ0v) is 14.5. The molecular formula is C14H14BrNO2S2. The number of H-pyrrole nitrogens is 1. The van der Waals surface area contributed by atoms with E-state index in [0.29, 0.717) is 9.20 Å². The summed E-state index contributed by atoms with van der Waals surface area (Å²) in [5.41, 5.74) is -0.601. The number of hydrogen-bond donors (Lipinski definition) is 1. The number of hydrogen-bond acceptors (Lipinski definition) is 4. The van der Waals surface area contributed by atoms with Gasteiger partial charge in [0.15, 0.2) is 5.78 Å². The Balaban J connectivity index is 2.45. The maximum atomic E-state index is 11.9. The number of ketones is 1. The van der Waals surface area contributed by atoms with E-state index in [9.17, 15) is 9.59 Å². The summed E-state index contributed by atoms with van der Waals surface area (Å²) in [6.07, 6.45) is 3.34. The van der Waals surface area contributed by atoms with Crippen LogP contribution in [0.15, 0.2) is 20.7 Å². The molecule has 3 nitrogen and oxygen atoms in total. The molecule has 0 aliphatic carbocycles. The van der Waals surface area contributed by atoms with Crippen LogP contribution in [0.4, 0.5) is 0 Å². The standard InChI is InChI=1S/C14H14BrNO2S2/c1-14(2,3)10(17)7-12-16-13(18)9(20-12)6-8-4-5-11(15)19-8/h4-7H,1-3H3,(H,16,18)/b9-6+,12-7+. The third-order valence-electron chi connectivity index (χ3n) is 2.55. The second kappa shape index (κ2) is 5.79. The number of halogens is 1. The second-order valence-electron chi connectivity index (χ2n) is 5.33. The monoisotopic (exact) mass is 371 g/mol. The largest absolute Gasteiger partial charge is 0.313 e. The van der Waals surface area contributed by atoms with Gasteiger partial charge in [0.1, 0.15) is 0 Å². The molecule has 6 heteroatoms. The van der Waals surface area contributed by atoms with Crippen LogP contribution in [-0.4, -0.2) is 10.8 Å². The lowest BCUT2D eigenvalue weighted by Gasteiger charge is -2.12. The number of carbonyl (C=O) groups is 1. The highest BCUT2D eigenvalue weighted by atomic mass is 79.9. The maximum absolute atomic E-state index is 11.9. The first-order valence-electron chi connectivity index (χ1n) is 5.98. The fraction of sp³-hybridized carbons (Fsp3) is 0.286. The summed E-state index contributed by atoms with van der Waals surface area (Å²) in [4.78, 5) is 27.5. The van der Waals surface area contributed by atoms with Gasteiger partial charge in [-0.2, -0.15) is 0 Å². The lowest BCUT2D eigenvalue weighted by Crippen LogP contribution is -2.21. The van der Waals surface area contributed by atoms with E-state index in [-0.39, 0.29) is 11.3 Å². The van der Waals surface area contributed by atoms with Gasteiger partial charge in [-0.05, 0) is 34.1 Å². The average molecular weight is 372 g/mol. The predicted octanol–water partition coefficient (Wildman–Crippen LogP) is 2.48. The first kappa shape index (κ1) is 15.4. The van der Waals surface area contributed by atoms with Gasteiger partial charge in [0.2, 0.25) is 0 Å². The highest BCUT2D eigenvalue weighted by Gasteiger charge is 2.18. The van der Waals surface area contributed by atoms with Crippen molar-refractivity contribution in [2.45, 2.75) is 20.8 Å². The first-order chi connectivity index (χ1) is 9.25. The summed E-state index contributed by atoms with van der Waals surface area (Å²) in [6.45, 7) is 5.56. The van der Waals surface area contributed by atoms with Crippen molar-refractivity contribution in [3.63, 3.8) is 0 Å². The van der Waals surface area contributed by atoms with E-state index >= 15 is 0 Å². The lowest BCUT2D eigenvalue weighted by atomic mass is 9.91. The summed E-state index contributed by atoms with van der Waals surface area (Å²) in [7, 11) is 0. The van der Waals surface area contributed by atoms with Crippen molar-refractivity contribution in [3.8, 4) is 0 Å². The molecule has 2 heterocycles. The average Bonchev–Trinajstić information content (AvgIpc) is 2.86. The minimum absolute atomic E-state index is 0.000387. The fourth-order valence-corrected chi connectivity index (χ4v) is 3.71. The Kier molecular flexibility index (Phi) is 4.46. The van der Waals surface area contributed by atoms with Crippen molar-refractivity contribution in [2.75, 3.05) is 0 Å². The van der Waals surface area contributed by atoms with Crippen LogP contribution in [0.2, 0.25) is 0 Å². The van der Waals surface area contributed by atoms with Crippen molar-refractivity contribution in [3.05, 3.63) is 40.3 Å². The zero-order chi connectivity index (χ0) is 14.9. The van der Waals surface area contributed by atoms with E-state index in [1.807, 2.05) is 39.0 Å². The van der Waals surface area contributed by atoms with Gasteiger partial charge in [0.05, 0.1) is 13.0 Å². The number of thiophene rings is 1. The number of aromatic amines is 1. The number of thiazole rings is 1. The van der Waals surface area contributed by atoms with Crippen molar-refractivity contribution in [1.29, 1.82) is 0 Å². The van der Waals surface area contributed by atoms with Gasteiger partial charge in [0.25, 0.3) is 5.56 Å². The minimum atomic E-state index is -0.441. The molecule has 0 fully saturated rings. The SMILES string of the molecule is CC(C)(C)C(=O)/C=c1\[nH]c(=O)/c(=C\c2ccc(Br)s2)s1. The van der Waals surface area contributed by atoms with Crippen LogP contribution in [0.5, 0.6) is 0 Å². The Morgan fingerprint density at radius 2 is 2.00 bits per heavy atom. The van der Waals surface area contributed by atoms with Crippen LogP contribution in [0.25, 0.3) is 12.2 Å². The molecule has 2 rings (SSSR count). The van der Waals surface area contributed by atoms with Crippen molar-refractivity contribution in [1.82, 2.24) is 4.98 Å². The van der Waals surface area contributed by atoms with E-state index in [1.54, 1.807) is 11.3 Å². The molecule has 0 amide bonds. The van der Waals surface area contributed by atoms with Crippen LogP contribution in [0.3, 0.4) is 0 Å². The van der Waals surface area contributed by atoms with Gasteiger partial charge in [0, 0.05) is 16.4 Å². The molecule has 0 aliphatic heterocycles. The Bertz CT molecular complexity index is 805. The smallest absolute Gasteiger partial charge is 0.266 e. The normalized spacial score (nSPS) is 14.0. The molecule has 0 aliphatic rings. The van der Waals surface area contributed by atoms with Crippen LogP contribution in [-0.2, 0) is 4.79 Å². The van der Waals surface area contributed by atoms with E-state index < -0.39 is 5.41 Å². The number of rotatable bonds is 2. The van der Waals surface area contributed by atoms with Crippen LogP contribution >= 0.6 is 38.6 Å². The molecule has 20 heavy (non-hydrogen) atoms. The Labute approximate surface area is 132 Å². The quantitative estimate of drug-likeness (QED) is 0.881. The molecule has 0 radical (unpaired) electrons. The molecule has 0 aromatic carbocycles. The highest BCUT2D eigenvalue weighted by Crippen LogP contribution is 2.22. The van der Waals surface area contributed by atoms with Gasteiger partial charge in [-0.3, -0.25) is 9.59 Å². The summed E-state index contributed by atoms with van der Waals surface area (Å²) in [5, 5.41) is 0. The number of aromatic nitrogens is 1. The van der Waals surface area contributed by atoms with Crippen LogP contribution < -0.4 is 14.8 Å². The predicted molar refractivity (Wildman–Crippen MR) is 88.7 cm³/mol. The van der Waals surface area contributed by atoms with Crippen LogP contribution in [0.1, 0.15) is 25.6 Å². The molecule has 1 N–H and O–H groups in total. The molecule has 0 spiro atoms. The molecule has 106 valence electrons. The lowest BCUT2D eigenvalue weighted by molar-refractivity contribution is -0.119. The Morgan fingerprint density at radius 1 is 1.30 bits per heavy atom. The molecule has 0 saturated carbocycles. The minimum Gasteiger partial charge on any atom is -0.313 e. The van der Waals surface area contributed by atoms with Crippen LogP contribution in [0, 0.1) is 5.41 Å². The van der Waals surface area contributed by atoms with E-state index in [1.165, 1.54) is 17.4 Å². The van der Waals surface area contributed by atoms with Crippen molar-refractivity contribution in [2.24, 2.45) is 5.41 Å². The summed E-state index contributed by atoms with van der Waals surface area (Å²) >= 11 is 6.24. The second-order valence-corrected chi connectivity index (χ2v) is 8.91. The number of nitrogens with one attached hydrogen (secondary N) is 1. The zero-order valence-electron chi connectivity index (χ0n) is 11.3. The third-order valence-corrected chi connectivity index (χ3v) is 5.08. The number of carbonyl (C=O) groups excluding carboxylic acids is 1. The molecule has 0 unspecified atom stereocenters. The molecule has 0 bridgehead atoms. The van der Waals surface area contributed by atoms with E-state index in [2.05, 4.69) is 20.9 Å².